The van der Waals surface area contributed by atoms with Gasteiger partial charge < -0.3 is 19.3 Å². The Labute approximate surface area is 139 Å². The molecule has 0 radical (unpaired) electrons. The molecule has 1 aromatic carbocycles. The summed E-state index contributed by atoms with van der Waals surface area (Å²) in [6.07, 6.45) is 0.617. The van der Waals surface area contributed by atoms with Gasteiger partial charge in [-0.05, 0) is 58.5 Å². The first-order valence-corrected chi connectivity index (χ1v) is 8.34. The second-order valence-corrected chi connectivity index (χ2v) is 6.15. The Morgan fingerprint density at radius 2 is 2.04 bits per heavy atom. The van der Waals surface area contributed by atoms with Crippen LogP contribution in [0.15, 0.2) is 12.1 Å². The smallest absolute Gasteiger partial charge is 0.410 e. The molecule has 1 atom stereocenters. The topological polar surface area (TPSA) is 42.0 Å². The molecule has 2 rings (SSSR count). The summed E-state index contributed by atoms with van der Waals surface area (Å²) in [5, 5.41) is 0. The van der Waals surface area contributed by atoms with Gasteiger partial charge in [0.2, 0.25) is 0 Å². The number of ether oxygens (including phenoxy) is 2. The number of nitrogens with zero attached hydrogens (tertiary/aromatic N) is 2. The first kappa shape index (κ1) is 17.6. The summed E-state index contributed by atoms with van der Waals surface area (Å²) in [7, 11) is 4.11. The van der Waals surface area contributed by atoms with Crippen molar-refractivity contribution in [3.05, 3.63) is 28.8 Å². The van der Waals surface area contributed by atoms with Crippen LogP contribution >= 0.6 is 0 Å². The number of rotatable bonds is 5. The summed E-state index contributed by atoms with van der Waals surface area (Å²) in [5.74, 6) is 0.914. The standard InChI is InChI=1S/C18H28N2O3/c1-6-22-17-11-16-13(3)20(18(21)23-7-2)9-8-14(16)10-15(17)12-19(4)5/h10-11,13H,6-9,12H2,1-5H3. The van der Waals surface area contributed by atoms with Gasteiger partial charge in [-0.25, -0.2) is 4.79 Å². The Bertz CT molecular complexity index is 557. The Morgan fingerprint density at radius 1 is 1.30 bits per heavy atom. The summed E-state index contributed by atoms with van der Waals surface area (Å²) < 4.78 is 11.0. The largest absolute Gasteiger partial charge is 0.494 e. The lowest BCUT2D eigenvalue weighted by molar-refractivity contribution is 0.0900. The van der Waals surface area contributed by atoms with Gasteiger partial charge in [0, 0.05) is 18.7 Å². The predicted octanol–water partition coefficient (Wildman–Crippen LogP) is 3.22. The molecule has 0 aromatic heterocycles. The number of hydrogen-bond acceptors (Lipinski definition) is 4. The summed E-state index contributed by atoms with van der Waals surface area (Å²) in [4.78, 5) is 16.0. The van der Waals surface area contributed by atoms with E-state index in [1.807, 2.05) is 13.8 Å². The van der Waals surface area contributed by atoms with Crippen LogP contribution in [-0.2, 0) is 17.7 Å². The zero-order chi connectivity index (χ0) is 17.0. The Morgan fingerprint density at radius 3 is 2.65 bits per heavy atom. The van der Waals surface area contributed by atoms with Crippen LogP contribution in [0, 0.1) is 0 Å². The third-order valence-corrected chi connectivity index (χ3v) is 4.15. The fourth-order valence-electron chi connectivity index (χ4n) is 3.11. The number of carbonyl (C=O) groups is 1. The SMILES string of the molecule is CCOC(=O)N1CCc2cc(CN(C)C)c(OCC)cc2C1C. The van der Waals surface area contributed by atoms with Gasteiger partial charge in [0.15, 0.2) is 0 Å². The van der Waals surface area contributed by atoms with E-state index in [0.717, 1.165) is 24.3 Å². The molecule has 1 amide bonds. The molecule has 0 saturated heterocycles. The van der Waals surface area contributed by atoms with Gasteiger partial charge in [-0.1, -0.05) is 6.07 Å². The zero-order valence-electron chi connectivity index (χ0n) is 14.9. The van der Waals surface area contributed by atoms with Crippen LogP contribution in [0.4, 0.5) is 4.79 Å². The van der Waals surface area contributed by atoms with Crippen molar-refractivity contribution in [2.75, 3.05) is 33.9 Å². The van der Waals surface area contributed by atoms with E-state index in [2.05, 4.69) is 38.1 Å². The van der Waals surface area contributed by atoms with Crippen LogP contribution in [0.3, 0.4) is 0 Å². The fourth-order valence-corrected chi connectivity index (χ4v) is 3.11. The molecule has 5 heteroatoms. The number of fused-ring (bicyclic) bond motifs is 1. The van der Waals surface area contributed by atoms with Crippen molar-refractivity contribution in [3.63, 3.8) is 0 Å². The maximum atomic E-state index is 12.1. The lowest BCUT2D eigenvalue weighted by Gasteiger charge is -2.35. The van der Waals surface area contributed by atoms with Gasteiger partial charge in [-0.2, -0.15) is 0 Å². The second kappa shape index (κ2) is 7.68. The molecule has 1 heterocycles. The van der Waals surface area contributed by atoms with E-state index in [1.54, 1.807) is 4.90 Å². The van der Waals surface area contributed by atoms with Gasteiger partial charge >= 0.3 is 6.09 Å². The fraction of sp³-hybridized carbons (Fsp3) is 0.611. The molecule has 0 bridgehead atoms. The highest BCUT2D eigenvalue weighted by Crippen LogP contribution is 2.35. The minimum atomic E-state index is -0.235. The van der Waals surface area contributed by atoms with E-state index in [-0.39, 0.29) is 12.1 Å². The summed E-state index contributed by atoms with van der Waals surface area (Å²) in [6, 6.07) is 4.35. The molecule has 5 nitrogen and oxygen atoms in total. The Kier molecular flexibility index (Phi) is 5.88. The molecule has 0 spiro atoms. The van der Waals surface area contributed by atoms with Gasteiger partial charge in [0.1, 0.15) is 5.75 Å². The minimum absolute atomic E-state index is 0.00501. The van der Waals surface area contributed by atoms with Gasteiger partial charge in [-0.3, -0.25) is 0 Å². The Balaban J connectivity index is 2.34. The minimum Gasteiger partial charge on any atom is -0.494 e. The lowest BCUT2D eigenvalue weighted by atomic mass is 9.91. The number of amides is 1. The van der Waals surface area contributed by atoms with Crippen LogP contribution in [0.5, 0.6) is 5.75 Å². The highest BCUT2D eigenvalue weighted by Gasteiger charge is 2.29. The summed E-state index contributed by atoms with van der Waals surface area (Å²) >= 11 is 0. The maximum absolute atomic E-state index is 12.1. The molecule has 1 aliphatic heterocycles. The average Bonchev–Trinajstić information content (AvgIpc) is 2.48. The summed E-state index contributed by atoms with van der Waals surface area (Å²) in [6.45, 7) is 8.46. The van der Waals surface area contributed by atoms with Gasteiger partial charge in [0.05, 0.1) is 19.3 Å². The highest BCUT2D eigenvalue weighted by atomic mass is 16.6. The summed E-state index contributed by atoms with van der Waals surface area (Å²) in [5.41, 5.74) is 3.67. The van der Waals surface area contributed by atoms with E-state index >= 15 is 0 Å². The lowest BCUT2D eigenvalue weighted by Crippen LogP contribution is -2.39. The maximum Gasteiger partial charge on any atom is 0.410 e. The van der Waals surface area contributed by atoms with Crippen LogP contribution in [0.1, 0.15) is 43.5 Å². The predicted molar refractivity (Wildman–Crippen MR) is 90.8 cm³/mol. The number of benzene rings is 1. The van der Waals surface area contributed by atoms with Crippen molar-refractivity contribution < 1.29 is 14.3 Å². The van der Waals surface area contributed by atoms with Gasteiger partial charge in [-0.15, -0.1) is 0 Å². The number of hydrogen-bond donors (Lipinski definition) is 0. The van der Waals surface area contributed by atoms with Gasteiger partial charge in [0.25, 0.3) is 0 Å². The zero-order valence-corrected chi connectivity index (χ0v) is 14.9. The molecular formula is C18H28N2O3. The van der Waals surface area contributed by atoms with E-state index in [9.17, 15) is 4.79 Å². The molecule has 1 aliphatic rings. The average molecular weight is 320 g/mol. The molecule has 1 aromatic rings. The highest BCUT2D eigenvalue weighted by molar-refractivity contribution is 5.69. The molecular weight excluding hydrogens is 292 g/mol. The van der Waals surface area contributed by atoms with E-state index in [1.165, 1.54) is 11.1 Å². The van der Waals surface area contributed by atoms with Crippen molar-refractivity contribution in [1.82, 2.24) is 9.80 Å². The third kappa shape index (κ3) is 3.96. The monoisotopic (exact) mass is 320 g/mol. The van der Waals surface area contributed by atoms with E-state index in [4.69, 9.17) is 9.47 Å². The van der Waals surface area contributed by atoms with E-state index in [0.29, 0.717) is 19.8 Å². The first-order chi connectivity index (χ1) is 11.0. The molecule has 0 saturated carbocycles. The van der Waals surface area contributed by atoms with Crippen molar-refractivity contribution >= 4 is 6.09 Å². The molecule has 23 heavy (non-hydrogen) atoms. The second-order valence-electron chi connectivity index (χ2n) is 6.15. The van der Waals surface area contributed by atoms with Crippen molar-refractivity contribution in [2.24, 2.45) is 0 Å². The van der Waals surface area contributed by atoms with Crippen molar-refractivity contribution in [3.8, 4) is 5.75 Å². The molecule has 0 aliphatic carbocycles. The molecule has 128 valence electrons. The van der Waals surface area contributed by atoms with Crippen molar-refractivity contribution in [2.45, 2.75) is 39.8 Å². The molecule has 0 N–H and O–H groups in total. The van der Waals surface area contributed by atoms with Crippen LogP contribution in [0.25, 0.3) is 0 Å². The molecule has 1 unspecified atom stereocenters. The van der Waals surface area contributed by atoms with Crippen LogP contribution in [0.2, 0.25) is 0 Å². The van der Waals surface area contributed by atoms with Crippen molar-refractivity contribution in [1.29, 1.82) is 0 Å². The first-order valence-electron chi connectivity index (χ1n) is 8.34. The Hall–Kier alpha value is -1.75. The normalized spacial score (nSPS) is 17.1. The third-order valence-electron chi connectivity index (χ3n) is 4.15. The molecule has 0 fully saturated rings. The number of carbonyl (C=O) groups excluding carboxylic acids is 1. The van der Waals surface area contributed by atoms with Crippen LogP contribution < -0.4 is 4.74 Å². The van der Waals surface area contributed by atoms with Crippen LogP contribution in [-0.4, -0.2) is 49.7 Å². The van der Waals surface area contributed by atoms with E-state index < -0.39 is 0 Å². The quantitative estimate of drug-likeness (QED) is 0.835.